The number of carboxylic acid groups (broad SMARTS) is 1. The SMILES string of the molecule is CC[C@H](C)[C@H](NC(=O)[C@H](C)N)C(=O)N1CCC[C@H]1C(=O)N[C@H](C(=O)N[C@@H](CCCCN)C(=O)N1CCC[C@H]1C(=O)NCC(=O)N[C@@H](CCCN=C(N)N)C(=O)N[C@@H](Cc1ccc(O)cc1)C(=O)O)C(C)C. The highest BCUT2D eigenvalue weighted by atomic mass is 16.4. The number of hydrogen-bond donors (Lipinski definition) is 12. The number of aliphatic carboxylic acids is 1. The molecule has 0 radical (unpaired) electrons. The molecule has 3 rings (SSSR count). The molecule has 16 N–H and O–H groups in total. The van der Waals surface area contributed by atoms with Crippen LogP contribution in [0.5, 0.6) is 5.75 Å². The summed E-state index contributed by atoms with van der Waals surface area (Å²) in [5.74, 6) is -7.25. The number of hydrogen-bond acceptors (Lipinski definition) is 13. The number of unbranched alkanes of at least 4 members (excludes halogenated alkanes) is 1. The first-order valence-corrected chi connectivity index (χ1v) is 24.5. The molecule has 2 heterocycles. The van der Waals surface area contributed by atoms with Crippen LogP contribution in [0.15, 0.2) is 29.3 Å². The zero-order chi connectivity index (χ0) is 52.9. The molecule has 24 nitrogen and oxygen atoms in total. The molecule has 2 saturated heterocycles. The van der Waals surface area contributed by atoms with Crippen molar-refractivity contribution in [1.29, 1.82) is 0 Å². The Morgan fingerprint density at radius 3 is 1.87 bits per heavy atom. The van der Waals surface area contributed by atoms with E-state index >= 15 is 0 Å². The number of carboxylic acids is 1. The van der Waals surface area contributed by atoms with Crippen molar-refractivity contribution in [2.75, 3.05) is 32.7 Å². The number of likely N-dealkylation sites (tertiary alicyclic amines) is 2. The predicted octanol–water partition coefficient (Wildman–Crippen LogP) is -2.23. The molecular formula is C47H77N13O11. The van der Waals surface area contributed by atoms with E-state index in [4.69, 9.17) is 22.9 Å². The lowest BCUT2D eigenvalue weighted by Crippen LogP contribution is -2.60. The molecule has 24 heteroatoms. The summed E-state index contributed by atoms with van der Waals surface area (Å²) in [4.78, 5) is 128. The predicted molar refractivity (Wildman–Crippen MR) is 262 cm³/mol. The molecule has 0 bridgehead atoms. The van der Waals surface area contributed by atoms with Gasteiger partial charge in [-0.3, -0.25) is 43.3 Å². The second kappa shape index (κ2) is 28.9. The van der Waals surface area contributed by atoms with Gasteiger partial charge in [-0.2, -0.15) is 0 Å². The number of amides is 8. The smallest absolute Gasteiger partial charge is 0.326 e. The fourth-order valence-corrected chi connectivity index (χ4v) is 8.39. The maximum Gasteiger partial charge on any atom is 0.326 e. The standard InChI is InChI=1S/C47H77N13O11/c1-6-27(4)38(58-39(63)28(5)49)45(69)60-23-11-15-35(60)42(66)57-37(26(2)3)43(67)55-32(12-7-8-20-48)44(68)59-22-10-14-34(59)41(65)53-25-36(62)54-31(13-9-21-52-47(50)51)40(64)56-33(46(70)71)24-29-16-18-30(61)19-17-29/h16-19,26-28,31-35,37-38,61H,6-15,20-25,48-49H2,1-5H3,(H,53,65)(H,54,62)(H,55,67)(H,56,64)(H,57,66)(H,58,63)(H,70,71)(H4,50,51,52)/t27-,28-,31-,32-,33-,34-,35-,37-,38-/m0/s1. The largest absolute Gasteiger partial charge is 0.508 e. The van der Waals surface area contributed by atoms with Crippen LogP contribution < -0.4 is 54.8 Å². The van der Waals surface area contributed by atoms with Crippen LogP contribution in [0.4, 0.5) is 0 Å². The lowest BCUT2D eigenvalue weighted by atomic mass is 9.96. The molecule has 2 fully saturated rings. The Bertz CT molecular complexity index is 2030. The first-order valence-electron chi connectivity index (χ1n) is 24.5. The summed E-state index contributed by atoms with van der Waals surface area (Å²) in [5.41, 5.74) is 22.9. The molecular weight excluding hydrogens is 923 g/mol. The molecule has 1 aromatic rings. The van der Waals surface area contributed by atoms with E-state index in [1.807, 2.05) is 13.8 Å². The van der Waals surface area contributed by atoms with Crippen LogP contribution in [-0.2, 0) is 49.6 Å². The summed E-state index contributed by atoms with van der Waals surface area (Å²) < 4.78 is 0. The number of aromatic hydroxyl groups is 1. The van der Waals surface area contributed by atoms with Gasteiger partial charge in [-0.15, -0.1) is 0 Å². The fraction of sp³-hybridized carbons (Fsp3) is 0.660. The third-order valence-electron chi connectivity index (χ3n) is 12.7. The summed E-state index contributed by atoms with van der Waals surface area (Å²) in [5, 5.41) is 35.4. The Labute approximate surface area is 414 Å². The Hall–Kier alpha value is -6.56. The Kier molecular flexibility index (Phi) is 24.0. The number of phenolic OH excluding ortho intramolecular Hbond substituents is 1. The fourth-order valence-electron chi connectivity index (χ4n) is 8.39. The molecule has 0 saturated carbocycles. The minimum atomic E-state index is -1.40. The van der Waals surface area contributed by atoms with Gasteiger partial charge in [0.1, 0.15) is 48.0 Å². The van der Waals surface area contributed by atoms with Crippen LogP contribution in [0, 0.1) is 11.8 Å². The van der Waals surface area contributed by atoms with Gasteiger partial charge in [0.15, 0.2) is 5.96 Å². The second-order valence-electron chi connectivity index (χ2n) is 18.7. The van der Waals surface area contributed by atoms with Gasteiger partial charge in [-0.05, 0) is 101 Å². The number of nitrogens with two attached hydrogens (primary N) is 4. The van der Waals surface area contributed by atoms with Crippen LogP contribution in [0.25, 0.3) is 0 Å². The second-order valence-corrected chi connectivity index (χ2v) is 18.7. The van der Waals surface area contributed by atoms with Crippen molar-refractivity contribution in [3.8, 4) is 5.75 Å². The van der Waals surface area contributed by atoms with Crippen LogP contribution >= 0.6 is 0 Å². The van der Waals surface area contributed by atoms with Crippen molar-refractivity contribution in [1.82, 2.24) is 41.7 Å². The van der Waals surface area contributed by atoms with Crippen molar-refractivity contribution in [2.45, 2.75) is 154 Å². The maximum absolute atomic E-state index is 14.3. The van der Waals surface area contributed by atoms with E-state index in [0.717, 1.165) is 0 Å². The summed E-state index contributed by atoms with van der Waals surface area (Å²) >= 11 is 0. The summed E-state index contributed by atoms with van der Waals surface area (Å²) in [6.45, 7) is 8.89. The first-order chi connectivity index (χ1) is 33.6. The number of guanidine groups is 1. The average Bonchev–Trinajstić information content (AvgIpc) is 4.03. The van der Waals surface area contributed by atoms with Crippen LogP contribution in [0.3, 0.4) is 0 Å². The average molecular weight is 1000 g/mol. The van der Waals surface area contributed by atoms with E-state index < -0.39 is 114 Å². The van der Waals surface area contributed by atoms with Gasteiger partial charge >= 0.3 is 5.97 Å². The molecule has 2 aliphatic rings. The van der Waals surface area contributed by atoms with Crippen LogP contribution in [-0.4, -0.2) is 160 Å². The van der Waals surface area contributed by atoms with Gasteiger partial charge in [0.05, 0.1) is 12.6 Å². The topological polar surface area (TPSA) is 389 Å². The highest BCUT2D eigenvalue weighted by molar-refractivity contribution is 5.98. The summed E-state index contributed by atoms with van der Waals surface area (Å²) in [6.07, 6.45) is 3.28. The molecule has 0 aromatic heterocycles. The van der Waals surface area contributed by atoms with E-state index in [1.165, 1.54) is 41.0 Å². The monoisotopic (exact) mass is 1000 g/mol. The molecule has 71 heavy (non-hydrogen) atoms. The van der Waals surface area contributed by atoms with E-state index in [0.29, 0.717) is 50.6 Å². The zero-order valence-electron chi connectivity index (χ0n) is 41.6. The molecule has 1 aromatic carbocycles. The number of carbonyl (C=O) groups is 9. The molecule has 2 aliphatic heterocycles. The minimum absolute atomic E-state index is 0.00910. The molecule has 8 amide bonds. The van der Waals surface area contributed by atoms with Crippen molar-refractivity contribution in [2.24, 2.45) is 39.8 Å². The maximum atomic E-state index is 14.3. The van der Waals surface area contributed by atoms with Crippen molar-refractivity contribution in [3.05, 3.63) is 29.8 Å². The summed E-state index contributed by atoms with van der Waals surface area (Å²) in [7, 11) is 0. The van der Waals surface area contributed by atoms with E-state index in [1.54, 1.807) is 13.8 Å². The third kappa shape index (κ3) is 18.3. The van der Waals surface area contributed by atoms with E-state index in [2.05, 4.69) is 36.9 Å². The highest BCUT2D eigenvalue weighted by Crippen LogP contribution is 2.23. The number of benzene rings is 1. The Morgan fingerprint density at radius 1 is 0.718 bits per heavy atom. The van der Waals surface area contributed by atoms with Gasteiger partial charge in [0.25, 0.3) is 0 Å². The lowest BCUT2D eigenvalue weighted by Gasteiger charge is -2.33. The molecule has 0 spiro atoms. The zero-order valence-corrected chi connectivity index (χ0v) is 41.6. The van der Waals surface area contributed by atoms with Crippen molar-refractivity contribution >= 4 is 59.2 Å². The summed E-state index contributed by atoms with van der Waals surface area (Å²) in [6, 6.07) is -2.87. The number of nitrogens with one attached hydrogen (secondary N) is 6. The van der Waals surface area contributed by atoms with Crippen LogP contribution in [0.1, 0.15) is 104 Å². The van der Waals surface area contributed by atoms with Crippen molar-refractivity contribution in [3.63, 3.8) is 0 Å². The van der Waals surface area contributed by atoms with Gasteiger partial charge in [-0.25, -0.2) is 4.79 Å². The van der Waals surface area contributed by atoms with Gasteiger partial charge < -0.3 is 74.8 Å². The van der Waals surface area contributed by atoms with Gasteiger partial charge in [0, 0.05) is 26.1 Å². The Morgan fingerprint density at radius 2 is 1.31 bits per heavy atom. The number of rotatable bonds is 28. The van der Waals surface area contributed by atoms with E-state index in [-0.39, 0.29) is 69.4 Å². The van der Waals surface area contributed by atoms with Gasteiger partial charge in [-0.1, -0.05) is 46.2 Å². The minimum Gasteiger partial charge on any atom is -0.508 e. The quantitative estimate of drug-likeness (QED) is 0.0240. The molecule has 0 unspecified atom stereocenters. The lowest BCUT2D eigenvalue weighted by molar-refractivity contribution is -0.144. The number of nitrogens with zero attached hydrogens (tertiary/aromatic N) is 3. The molecule has 0 aliphatic carbocycles. The normalized spacial score (nSPS) is 18.4. The van der Waals surface area contributed by atoms with E-state index in [9.17, 15) is 53.4 Å². The third-order valence-corrected chi connectivity index (χ3v) is 12.7. The van der Waals surface area contributed by atoms with Gasteiger partial charge in [0.2, 0.25) is 47.3 Å². The van der Waals surface area contributed by atoms with Crippen molar-refractivity contribution < 1.29 is 53.4 Å². The number of phenols is 1. The Balaban J connectivity index is 1.72. The number of carbonyl (C=O) groups excluding carboxylic acids is 8. The van der Waals surface area contributed by atoms with Crippen LogP contribution in [0.2, 0.25) is 0 Å². The molecule has 9 atom stereocenters. The number of aliphatic imine (C=N–C) groups is 1. The first kappa shape index (κ1) is 58.8. The highest BCUT2D eigenvalue weighted by Gasteiger charge is 2.42. The molecule has 396 valence electrons.